The van der Waals surface area contributed by atoms with E-state index in [1.807, 2.05) is 0 Å². The molecule has 0 spiro atoms. The standard InChI is InChI=1S/C25H19F6N5O3S/c1-35(17-9-10-17)40(38,39)18-4-2-3-16(11-18)33-23(37)19-13-32-36-21(25(29,30)31)12-20(34-22(19)36)14-5-7-15(8-6-14)24(26,27)28/h2-8,11-13,17H,9-10H2,1H3,(H,33,37). The Balaban J connectivity index is 1.51. The number of alkyl halides is 6. The number of nitrogens with zero attached hydrogens (tertiary/aromatic N) is 4. The van der Waals surface area contributed by atoms with Crippen LogP contribution >= 0.6 is 0 Å². The average Bonchev–Trinajstić information content (AvgIpc) is 3.65. The summed E-state index contributed by atoms with van der Waals surface area (Å²) in [6, 6.07) is 9.27. The van der Waals surface area contributed by atoms with Crippen LogP contribution in [0, 0.1) is 0 Å². The first kappa shape index (κ1) is 27.6. The van der Waals surface area contributed by atoms with Crippen LogP contribution in [0.3, 0.4) is 0 Å². The summed E-state index contributed by atoms with van der Waals surface area (Å²) in [5.41, 5.74) is -3.50. The van der Waals surface area contributed by atoms with Gasteiger partial charge < -0.3 is 5.32 Å². The van der Waals surface area contributed by atoms with Crippen LogP contribution in [0.4, 0.5) is 32.0 Å². The molecule has 1 saturated carbocycles. The van der Waals surface area contributed by atoms with E-state index in [2.05, 4.69) is 15.4 Å². The maximum Gasteiger partial charge on any atom is 0.433 e. The summed E-state index contributed by atoms with van der Waals surface area (Å²) in [6.45, 7) is 0. The molecule has 210 valence electrons. The Morgan fingerprint density at radius 2 is 1.68 bits per heavy atom. The van der Waals surface area contributed by atoms with Gasteiger partial charge in [0.15, 0.2) is 11.3 Å². The largest absolute Gasteiger partial charge is 0.433 e. The van der Waals surface area contributed by atoms with E-state index in [0.29, 0.717) is 22.7 Å². The number of fused-ring (bicyclic) bond motifs is 1. The molecule has 0 saturated heterocycles. The third kappa shape index (κ3) is 5.25. The lowest BCUT2D eigenvalue weighted by molar-refractivity contribution is -0.142. The van der Waals surface area contributed by atoms with Crippen LogP contribution in [0.2, 0.25) is 0 Å². The van der Waals surface area contributed by atoms with E-state index in [1.54, 1.807) is 0 Å². The number of hydrogen-bond donors (Lipinski definition) is 1. The van der Waals surface area contributed by atoms with Crippen molar-refractivity contribution < 1.29 is 39.6 Å². The molecule has 1 amide bonds. The van der Waals surface area contributed by atoms with Crippen molar-refractivity contribution in [3.8, 4) is 11.3 Å². The zero-order chi connectivity index (χ0) is 29.0. The highest BCUT2D eigenvalue weighted by atomic mass is 32.2. The van der Waals surface area contributed by atoms with Gasteiger partial charge in [0, 0.05) is 24.3 Å². The molecular formula is C25H19F6N5O3S. The van der Waals surface area contributed by atoms with E-state index in [1.165, 1.54) is 35.6 Å². The average molecular weight is 584 g/mol. The Morgan fingerprint density at radius 1 is 1.00 bits per heavy atom. The van der Waals surface area contributed by atoms with Crippen molar-refractivity contribution in [3.63, 3.8) is 0 Å². The van der Waals surface area contributed by atoms with E-state index in [9.17, 15) is 39.6 Å². The molecule has 1 fully saturated rings. The summed E-state index contributed by atoms with van der Waals surface area (Å²) in [5.74, 6) is -0.926. The second-order valence-corrected chi connectivity index (χ2v) is 11.1. The maximum absolute atomic E-state index is 13.9. The predicted octanol–water partition coefficient (Wildman–Crippen LogP) is 5.47. The summed E-state index contributed by atoms with van der Waals surface area (Å²) in [5, 5.41) is 6.11. The van der Waals surface area contributed by atoms with Crippen LogP contribution in [0.15, 0.2) is 65.7 Å². The molecule has 0 atom stereocenters. The third-order valence-corrected chi connectivity index (χ3v) is 8.25. The smallest absolute Gasteiger partial charge is 0.322 e. The number of nitrogens with one attached hydrogen (secondary N) is 1. The summed E-state index contributed by atoms with van der Waals surface area (Å²) >= 11 is 0. The maximum atomic E-state index is 13.9. The third-order valence-electron chi connectivity index (χ3n) is 6.34. The van der Waals surface area contributed by atoms with Crippen molar-refractivity contribution in [2.24, 2.45) is 0 Å². The molecule has 2 aromatic heterocycles. The van der Waals surface area contributed by atoms with Crippen molar-refractivity contribution in [1.82, 2.24) is 18.9 Å². The first-order chi connectivity index (χ1) is 18.7. The number of carbonyl (C=O) groups excluding carboxylic acids is 1. The Morgan fingerprint density at radius 3 is 2.27 bits per heavy atom. The molecule has 1 aliphatic carbocycles. The lowest BCUT2D eigenvalue weighted by Gasteiger charge is -2.17. The van der Waals surface area contributed by atoms with Crippen molar-refractivity contribution in [2.75, 3.05) is 12.4 Å². The zero-order valence-corrected chi connectivity index (χ0v) is 21.3. The fraction of sp³-hybridized carbons (Fsp3) is 0.240. The number of rotatable bonds is 6. The molecule has 4 aromatic rings. The highest BCUT2D eigenvalue weighted by Gasteiger charge is 2.37. The lowest BCUT2D eigenvalue weighted by atomic mass is 10.1. The minimum atomic E-state index is -4.95. The van der Waals surface area contributed by atoms with Gasteiger partial charge in [-0.25, -0.2) is 17.9 Å². The molecule has 2 heterocycles. The van der Waals surface area contributed by atoms with Crippen molar-refractivity contribution in [2.45, 2.75) is 36.1 Å². The van der Waals surface area contributed by atoms with Gasteiger partial charge in [-0.2, -0.15) is 35.7 Å². The SMILES string of the molecule is CN(C1CC1)S(=O)(=O)c1cccc(NC(=O)c2cnn3c(C(F)(F)F)cc(-c4ccc(C(F)(F)F)cc4)nc23)c1. The number of halogens is 6. The van der Waals surface area contributed by atoms with Crippen molar-refractivity contribution in [1.29, 1.82) is 0 Å². The summed E-state index contributed by atoms with van der Waals surface area (Å²) in [6.07, 6.45) is -7.25. The Hall–Kier alpha value is -3.98. The summed E-state index contributed by atoms with van der Waals surface area (Å²) in [7, 11) is -2.38. The van der Waals surface area contributed by atoms with Gasteiger partial charge in [-0.05, 0) is 49.2 Å². The molecule has 40 heavy (non-hydrogen) atoms. The molecule has 1 N–H and O–H groups in total. The highest BCUT2D eigenvalue weighted by molar-refractivity contribution is 7.89. The summed E-state index contributed by atoms with van der Waals surface area (Å²) in [4.78, 5) is 17.1. The quantitative estimate of drug-likeness (QED) is 0.304. The molecule has 2 aromatic carbocycles. The van der Waals surface area contributed by atoms with E-state index in [-0.39, 0.29) is 33.4 Å². The van der Waals surface area contributed by atoms with E-state index < -0.39 is 45.2 Å². The Labute approximate surface area is 223 Å². The van der Waals surface area contributed by atoms with E-state index in [4.69, 9.17) is 0 Å². The van der Waals surface area contributed by atoms with Crippen LogP contribution in [0.25, 0.3) is 16.9 Å². The molecule has 0 unspecified atom stereocenters. The molecule has 8 nitrogen and oxygen atoms in total. The molecule has 5 rings (SSSR count). The van der Waals surface area contributed by atoms with Crippen LogP contribution in [-0.4, -0.2) is 46.3 Å². The Kier molecular flexibility index (Phi) is 6.61. The Bertz CT molecular complexity index is 1710. The van der Waals surface area contributed by atoms with Crippen molar-refractivity contribution >= 4 is 27.3 Å². The number of sulfonamides is 1. The molecular weight excluding hydrogens is 564 g/mol. The molecule has 0 radical (unpaired) electrons. The van der Waals surface area contributed by atoms with Crippen LogP contribution in [0.5, 0.6) is 0 Å². The number of carbonyl (C=O) groups is 1. The molecule has 0 aliphatic heterocycles. The minimum Gasteiger partial charge on any atom is -0.322 e. The topological polar surface area (TPSA) is 96.7 Å². The second-order valence-electron chi connectivity index (χ2n) is 9.13. The number of benzene rings is 2. The number of amides is 1. The van der Waals surface area contributed by atoms with Gasteiger partial charge in [-0.15, -0.1) is 0 Å². The second kappa shape index (κ2) is 9.59. The molecule has 15 heteroatoms. The van der Waals surface area contributed by atoms with Gasteiger partial charge in [-0.1, -0.05) is 18.2 Å². The fourth-order valence-electron chi connectivity index (χ4n) is 4.04. The van der Waals surface area contributed by atoms with Gasteiger partial charge in [0.2, 0.25) is 10.0 Å². The summed E-state index contributed by atoms with van der Waals surface area (Å²) < 4.78 is 108. The van der Waals surface area contributed by atoms with Gasteiger partial charge in [-0.3, -0.25) is 4.79 Å². The molecule has 0 bridgehead atoms. The van der Waals surface area contributed by atoms with E-state index >= 15 is 0 Å². The number of anilines is 1. The normalized spacial score (nSPS) is 14.6. The zero-order valence-electron chi connectivity index (χ0n) is 20.5. The van der Waals surface area contributed by atoms with Gasteiger partial charge in [0.05, 0.1) is 22.3 Å². The van der Waals surface area contributed by atoms with Crippen LogP contribution in [-0.2, 0) is 22.4 Å². The van der Waals surface area contributed by atoms with Gasteiger partial charge in [0.25, 0.3) is 5.91 Å². The minimum absolute atomic E-state index is 0.0498. The van der Waals surface area contributed by atoms with Gasteiger partial charge in [0.1, 0.15) is 5.56 Å². The number of aromatic nitrogens is 3. The monoisotopic (exact) mass is 583 g/mol. The number of hydrogen-bond acceptors (Lipinski definition) is 5. The van der Waals surface area contributed by atoms with E-state index in [0.717, 1.165) is 31.2 Å². The highest BCUT2D eigenvalue weighted by Crippen LogP contribution is 2.35. The predicted molar refractivity (Wildman–Crippen MR) is 131 cm³/mol. The van der Waals surface area contributed by atoms with Gasteiger partial charge >= 0.3 is 12.4 Å². The molecule has 1 aliphatic rings. The first-order valence-corrected chi connectivity index (χ1v) is 13.1. The lowest BCUT2D eigenvalue weighted by Crippen LogP contribution is -2.29. The van der Waals surface area contributed by atoms with Crippen LogP contribution < -0.4 is 5.32 Å². The first-order valence-electron chi connectivity index (χ1n) is 11.7. The van der Waals surface area contributed by atoms with Crippen LogP contribution in [0.1, 0.15) is 34.5 Å². The fourth-order valence-corrected chi connectivity index (χ4v) is 5.50. The van der Waals surface area contributed by atoms with Crippen molar-refractivity contribution in [3.05, 3.63) is 77.6 Å².